The molecule has 3 aromatic rings. The topological polar surface area (TPSA) is 77.2 Å². The molecule has 0 bridgehead atoms. The number of benzene rings is 2. The van der Waals surface area contributed by atoms with Gasteiger partial charge in [0.1, 0.15) is 11.6 Å². The van der Waals surface area contributed by atoms with Crippen LogP contribution < -0.4 is 10.1 Å². The highest BCUT2D eigenvalue weighted by Crippen LogP contribution is 2.22. The lowest BCUT2D eigenvalue weighted by Gasteiger charge is -2.04. The maximum absolute atomic E-state index is 13.7. The van der Waals surface area contributed by atoms with E-state index in [4.69, 9.17) is 9.15 Å². The summed E-state index contributed by atoms with van der Waals surface area (Å²) < 4.78 is 24.0. The molecule has 0 radical (unpaired) electrons. The Hall–Kier alpha value is -3.22. The number of carbonyl (C=O) groups is 1. The molecule has 116 valence electrons. The minimum atomic E-state index is -0.589. The Morgan fingerprint density at radius 2 is 2.00 bits per heavy atom. The number of hydrogen-bond donors (Lipinski definition) is 1. The van der Waals surface area contributed by atoms with Gasteiger partial charge in [-0.1, -0.05) is 18.2 Å². The highest BCUT2D eigenvalue weighted by Gasteiger charge is 2.18. The van der Waals surface area contributed by atoms with E-state index >= 15 is 0 Å². The Bertz CT molecular complexity index is 848. The lowest BCUT2D eigenvalue weighted by atomic mass is 10.2. The molecule has 0 spiro atoms. The van der Waals surface area contributed by atoms with Crippen molar-refractivity contribution in [2.45, 2.75) is 0 Å². The van der Waals surface area contributed by atoms with E-state index in [-0.39, 0.29) is 17.3 Å². The van der Waals surface area contributed by atoms with Crippen LogP contribution in [-0.4, -0.2) is 23.2 Å². The van der Waals surface area contributed by atoms with E-state index in [9.17, 15) is 9.18 Å². The average Bonchev–Trinajstić information content (AvgIpc) is 3.05. The Labute approximate surface area is 130 Å². The predicted octanol–water partition coefficient (Wildman–Crippen LogP) is 3.14. The Morgan fingerprint density at radius 1 is 1.17 bits per heavy atom. The van der Waals surface area contributed by atoms with Gasteiger partial charge in [0.05, 0.1) is 12.7 Å². The molecule has 0 aliphatic heterocycles. The number of rotatable bonds is 4. The Kier molecular flexibility index (Phi) is 4.01. The quantitative estimate of drug-likeness (QED) is 0.800. The monoisotopic (exact) mass is 313 g/mol. The summed E-state index contributed by atoms with van der Waals surface area (Å²) in [6, 6.07) is 12.8. The van der Waals surface area contributed by atoms with Gasteiger partial charge in [0.2, 0.25) is 0 Å². The van der Waals surface area contributed by atoms with Crippen LogP contribution in [0.3, 0.4) is 0 Å². The molecule has 1 amide bonds. The van der Waals surface area contributed by atoms with Crippen LogP contribution in [0.2, 0.25) is 0 Å². The number of hydrogen-bond acceptors (Lipinski definition) is 5. The van der Waals surface area contributed by atoms with E-state index < -0.39 is 11.7 Å². The van der Waals surface area contributed by atoms with Gasteiger partial charge < -0.3 is 14.5 Å². The van der Waals surface area contributed by atoms with Crippen LogP contribution in [0.15, 0.2) is 52.9 Å². The Morgan fingerprint density at radius 3 is 2.78 bits per heavy atom. The van der Waals surface area contributed by atoms with Crippen LogP contribution in [0, 0.1) is 5.82 Å². The highest BCUT2D eigenvalue weighted by molar-refractivity contribution is 6.01. The van der Waals surface area contributed by atoms with Crippen molar-refractivity contribution in [3.63, 3.8) is 0 Å². The maximum Gasteiger partial charge on any atom is 0.313 e. The Balaban J connectivity index is 1.80. The molecule has 0 atom stereocenters. The SMILES string of the molecule is COc1cccc(NC(=O)c2nnc(-c3ccccc3F)o2)c1. The third-order valence-corrected chi connectivity index (χ3v) is 3.05. The molecule has 0 fully saturated rings. The zero-order valence-electron chi connectivity index (χ0n) is 12.1. The van der Waals surface area contributed by atoms with Crippen molar-refractivity contribution in [1.82, 2.24) is 10.2 Å². The van der Waals surface area contributed by atoms with E-state index in [2.05, 4.69) is 15.5 Å². The van der Waals surface area contributed by atoms with Crippen LogP contribution in [0.25, 0.3) is 11.5 Å². The number of amides is 1. The van der Waals surface area contributed by atoms with Gasteiger partial charge in [-0.15, -0.1) is 10.2 Å². The number of aromatic nitrogens is 2. The maximum atomic E-state index is 13.7. The zero-order chi connectivity index (χ0) is 16.2. The van der Waals surface area contributed by atoms with Crippen molar-refractivity contribution in [3.05, 3.63) is 60.2 Å². The second-order valence-corrected chi connectivity index (χ2v) is 4.58. The van der Waals surface area contributed by atoms with Crippen LogP contribution in [-0.2, 0) is 0 Å². The normalized spacial score (nSPS) is 10.3. The predicted molar refractivity (Wildman–Crippen MR) is 80.6 cm³/mol. The van der Waals surface area contributed by atoms with Gasteiger partial charge in [-0.05, 0) is 24.3 Å². The fourth-order valence-corrected chi connectivity index (χ4v) is 1.94. The first kappa shape index (κ1) is 14.7. The molecule has 1 heterocycles. The van der Waals surface area contributed by atoms with Gasteiger partial charge in [0.15, 0.2) is 0 Å². The van der Waals surface area contributed by atoms with Crippen molar-refractivity contribution < 1.29 is 18.3 Å². The van der Waals surface area contributed by atoms with Gasteiger partial charge in [0.25, 0.3) is 5.89 Å². The summed E-state index contributed by atoms with van der Waals surface area (Å²) in [5, 5.41) is 9.95. The zero-order valence-corrected chi connectivity index (χ0v) is 12.1. The second kappa shape index (κ2) is 6.27. The van der Waals surface area contributed by atoms with Crippen molar-refractivity contribution in [2.75, 3.05) is 12.4 Å². The average molecular weight is 313 g/mol. The van der Waals surface area contributed by atoms with E-state index in [0.29, 0.717) is 11.4 Å². The van der Waals surface area contributed by atoms with E-state index in [1.807, 2.05) is 0 Å². The van der Waals surface area contributed by atoms with Crippen LogP contribution in [0.4, 0.5) is 10.1 Å². The van der Waals surface area contributed by atoms with Crippen molar-refractivity contribution in [3.8, 4) is 17.2 Å². The third-order valence-electron chi connectivity index (χ3n) is 3.05. The molecule has 7 heteroatoms. The smallest absolute Gasteiger partial charge is 0.313 e. The first-order valence-electron chi connectivity index (χ1n) is 6.71. The summed E-state index contributed by atoms with van der Waals surface area (Å²) in [4.78, 5) is 12.1. The summed E-state index contributed by atoms with van der Waals surface area (Å²) in [5.74, 6) is -0.811. The molecule has 0 saturated carbocycles. The molecule has 3 rings (SSSR count). The van der Waals surface area contributed by atoms with Crippen LogP contribution >= 0.6 is 0 Å². The summed E-state index contributed by atoms with van der Waals surface area (Å²) in [7, 11) is 1.53. The number of methoxy groups -OCH3 is 1. The number of halogens is 1. The molecule has 0 aliphatic carbocycles. The van der Waals surface area contributed by atoms with Crippen molar-refractivity contribution in [1.29, 1.82) is 0 Å². The number of anilines is 1. The standard InChI is InChI=1S/C16H12FN3O3/c1-22-11-6-4-5-10(9-11)18-14(21)16-20-19-15(23-16)12-7-2-3-8-13(12)17/h2-9H,1H3,(H,18,21). The first-order valence-corrected chi connectivity index (χ1v) is 6.71. The minimum Gasteiger partial charge on any atom is -0.497 e. The van der Waals surface area contributed by atoms with Crippen molar-refractivity contribution in [2.24, 2.45) is 0 Å². The number of ether oxygens (including phenoxy) is 1. The third kappa shape index (κ3) is 3.18. The lowest BCUT2D eigenvalue weighted by Crippen LogP contribution is -2.12. The molecular formula is C16H12FN3O3. The molecule has 0 unspecified atom stereocenters. The van der Waals surface area contributed by atoms with Crippen molar-refractivity contribution >= 4 is 11.6 Å². The fraction of sp³-hybridized carbons (Fsp3) is 0.0625. The van der Waals surface area contributed by atoms with Gasteiger partial charge in [-0.2, -0.15) is 0 Å². The van der Waals surface area contributed by atoms with Crippen LogP contribution in [0.1, 0.15) is 10.7 Å². The number of nitrogens with zero attached hydrogens (tertiary/aromatic N) is 2. The second-order valence-electron chi connectivity index (χ2n) is 4.58. The lowest BCUT2D eigenvalue weighted by molar-refractivity contribution is 0.0991. The molecule has 0 saturated heterocycles. The minimum absolute atomic E-state index is 0.0566. The highest BCUT2D eigenvalue weighted by atomic mass is 19.1. The number of nitrogens with one attached hydrogen (secondary N) is 1. The summed E-state index contributed by atoms with van der Waals surface area (Å²) in [5.41, 5.74) is 0.653. The molecule has 1 aromatic heterocycles. The van der Waals surface area contributed by atoms with Gasteiger partial charge in [0, 0.05) is 11.8 Å². The van der Waals surface area contributed by atoms with Gasteiger partial charge in [-0.25, -0.2) is 4.39 Å². The molecule has 1 N–H and O–H groups in total. The largest absolute Gasteiger partial charge is 0.497 e. The van der Waals surface area contributed by atoms with Gasteiger partial charge >= 0.3 is 11.8 Å². The molecule has 23 heavy (non-hydrogen) atoms. The molecular weight excluding hydrogens is 301 g/mol. The fourth-order valence-electron chi connectivity index (χ4n) is 1.94. The summed E-state index contributed by atoms with van der Waals surface area (Å²) in [6.07, 6.45) is 0. The van der Waals surface area contributed by atoms with E-state index in [0.717, 1.165) is 0 Å². The van der Waals surface area contributed by atoms with E-state index in [1.54, 1.807) is 36.4 Å². The van der Waals surface area contributed by atoms with Crippen LogP contribution in [0.5, 0.6) is 5.75 Å². The van der Waals surface area contributed by atoms with Gasteiger partial charge in [-0.3, -0.25) is 4.79 Å². The number of carbonyl (C=O) groups excluding carboxylic acids is 1. The first-order chi connectivity index (χ1) is 11.2. The summed E-state index contributed by atoms with van der Waals surface area (Å²) in [6.45, 7) is 0. The molecule has 2 aromatic carbocycles. The molecule has 6 nitrogen and oxygen atoms in total. The van der Waals surface area contributed by atoms with E-state index in [1.165, 1.54) is 19.2 Å². The molecule has 0 aliphatic rings. The summed E-state index contributed by atoms with van der Waals surface area (Å²) >= 11 is 0.